The lowest BCUT2D eigenvalue weighted by molar-refractivity contribution is 0.0931. The normalized spacial score (nSPS) is 10.9. The van der Waals surface area contributed by atoms with Crippen LogP contribution in [0, 0.1) is 13.8 Å². The van der Waals surface area contributed by atoms with Crippen LogP contribution in [0.15, 0.2) is 23.0 Å². The number of fused-ring (bicyclic) bond motifs is 1. The van der Waals surface area contributed by atoms with Crippen LogP contribution in [0.25, 0.3) is 10.8 Å². The summed E-state index contributed by atoms with van der Waals surface area (Å²) in [6, 6.07) is 5.49. The monoisotopic (exact) mass is 314 g/mol. The van der Waals surface area contributed by atoms with Crippen molar-refractivity contribution in [2.75, 3.05) is 0 Å². The number of hydrogen-bond donors (Lipinski definition) is 3. The minimum Gasteiger partial charge on any atom is -0.505 e. The molecule has 2 aromatic heterocycles. The number of aromatic nitrogens is 5. The maximum atomic E-state index is 12.2. The van der Waals surface area contributed by atoms with Crippen molar-refractivity contribution in [3.8, 4) is 5.75 Å². The zero-order valence-corrected chi connectivity index (χ0v) is 12.5. The van der Waals surface area contributed by atoms with Crippen LogP contribution in [0.5, 0.6) is 5.75 Å². The minimum absolute atomic E-state index is 0.101. The van der Waals surface area contributed by atoms with E-state index in [1.807, 2.05) is 19.1 Å². The molecule has 3 rings (SSSR count). The predicted molar refractivity (Wildman–Crippen MR) is 81.0 cm³/mol. The fourth-order valence-corrected chi connectivity index (χ4v) is 2.28. The van der Waals surface area contributed by atoms with E-state index >= 15 is 0 Å². The van der Waals surface area contributed by atoms with Crippen LogP contribution in [-0.2, 0) is 6.67 Å². The van der Waals surface area contributed by atoms with Gasteiger partial charge >= 0.3 is 5.69 Å². The fourth-order valence-electron chi connectivity index (χ4n) is 2.28. The molecule has 0 atom stereocenters. The molecule has 0 fully saturated rings. The molecule has 1 aromatic carbocycles. The number of carbonyl (C=O) groups excluding carboxylic acids is 1. The van der Waals surface area contributed by atoms with Crippen molar-refractivity contribution in [1.82, 2.24) is 30.5 Å². The third kappa shape index (κ3) is 2.63. The van der Waals surface area contributed by atoms with Gasteiger partial charge in [-0.2, -0.15) is 4.68 Å². The number of pyridine rings is 1. The van der Waals surface area contributed by atoms with Crippen molar-refractivity contribution in [2.45, 2.75) is 20.5 Å². The second kappa shape index (κ2) is 5.52. The zero-order chi connectivity index (χ0) is 16.6. The van der Waals surface area contributed by atoms with Crippen molar-refractivity contribution in [1.29, 1.82) is 0 Å². The van der Waals surface area contributed by atoms with Crippen LogP contribution >= 0.6 is 0 Å². The number of aromatic amines is 1. The van der Waals surface area contributed by atoms with E-state index in [2.05, 4.69) is 25.8 Å². The number of nitrogens with one attached hydrogen (secondary N) is 2. The zero-order valence-electron chi connectivity index (χ0n) is 12.5. The molecule has 2 heterocycles. The van der Waals surface area contributed by atoms with E-state index in [1.54, 1.807) is 13.0 Å². The highest BCUT2D eigenvalue weighted by Crippen LogP contribution is 2.29. The van der Waals surface area contributed by atoms with Crippen molar-refractivity contribution in [3.63, 3.8) is 0 Å². The average Bonchev–Trinajstić information content (AvgIpc) is 2.93. The number of carbonyl (C=O) groups is 1. The highest BCUT2D eigenvalue weighted by Gasteiger charge is 2.18. The molecule has 0 aliphatic carbocycles. The van der Waals surface area contributed by atoms with Crippen molar-refractivity contribution < 1.29 is 9.90 Å². The van der Waals surface area contributed by atoms with Crippen molar-refractivity contribution in [3.05, 3.63) is 45.6 Å². The number of H-pyrrole nitrogens is 1. The Balaban J connectivity index is 1.94. The minimum atomic E-state index is -0.608. The first kappa shape index (κ1) is 14.7. The summed E-state index contributed by atoms with van der Waals surface area (Å²) in [6.45, 7) is 3.52. The first-order chi connectivity index (χ1) is 11.0. The van der Waals surface area contributed by atoms with Crippen LogP contribution in [0.2, 0.25) is 0 Å². The highest BCUT2D eigenvalue weighted by atomic mass is 16.3. The Morgan fingerprint density at radius 1 is 1.35 bits per heavy atom. The Morgan fingerprint density at radius 2 is 2.13 bits per heavy atom. The van der Waals surface area contributed by atoms with Gasteiger partial charge in [-0.25, -0.2) is 14.9 Å². The van der Waals surface area contributed by atoms with E-state index in [9.17, 15) is 14.7 Å². The Bertz CT molecular complexity index is 959. The molecule has 118 valence electrons. The molecule has 0 saturated heterocycles. The number of aryl methyl sites for hydroxylation is 2. The van der Waals surface area contributed by atoms with Crippen LogP contribution in [0.1, 0.15) is 21.7 Å². The summed E-state index contributed by atoms with van der Waals surface area (Å²) in [6.07, 6.45) is 0. The lowest BCUT2D eigenvalue weighted by atomic mass is 10.0. The third-order valence-electron chi connectivity index (χ3n) is 3.46. The molecule has 1 amide bonds. The van der Waals surface area contributed by atoms with Crippen LogP contribution in [0.4, 0.5) is 0 Å². The highest BCUT2D eigenvalue weighted by molar-refractivity contribution is 6.02. The van der Waals surface area contributed by atoms with E-state index in [1.165, 1.54) is 0 Å². The SMILES string of the molecule is Cc1ccc2c(O)c(C(=O)NCn3nn[nH]c3=O)nc(C)c2c1. The molecule has 0 saturated carbocycles. The Kier molecular flexibility index (Phi) is 3.53. The number of tetrazole rings is 1. The second-order valence-corrected chi connectivity index (χ2v) is 5.11. The topological polar surface area (TPSA) is 126 Å². The van der Waals surface area contributed by atoms with E-state index in [0.29, 0.717) is 11.1 Å². The van der Waals surface area contributed by atoms with Gasteiger partial charge in [0, 0.05) is 16.5 Å². The number of rotatable bonds is 3. The first-order valence-electron chi connectivity index (χ1n) is 6.83. The largest absolute Gasteiger partial charge is 0.505 e. The second-order valence-electron chi connectivity index (χ2n) is 5.11. The molecule has 0 unspecified atom stereocenters. The van der Waals surface area contributed by atoms with Gasteiger partial charge < -0.3 is 10.4 Å². The summed E-state index contributed by atoms with van der Waals surface area (Å²) >= 11 is 0. The van der Waals surface area contributed by atoms with E-state index < -0.39 is 11.6 Å². The van der Waals surface area contributed by atoms with E-state index in [0.717, 1.165) is 15.6 Å². The summed E-state index contributed by atoms with van der Waals surface area (Å²) in [5.41, 5.74) is 1.01. The molecule has 0 aliphatic heterocycles. The molecule has 23 heavy (non-hydrogen) atoms. The van der Waals surface area contributed by atoms with Crippen LogP contribution in [0.3, 0.4) is 0 Å². The molecule has 3 aromatic rings. The first-order valence-corrected chi connectivity index (χ1v) is 6.83. The maximum absolute atomic E-state index is 12.2. The number of benzene rings is 1. The number of hydrogen-bond acceptors (Lipinski definition) is 6. The number of amides is 1. The molecule has 0 spiro atoms. The van der Waals surface area contributed by atoms with Gasteiger partial charge in [-0.15, -0.1) is 0 Å². The Hall–Kier alpha value is -3.23. The van der Waals surface area contributed by atoms with E-state index in [4.69, 9.17) is 0 Å². The standard InChI is InChI=1S/C14H14N6O3/c1-7-3-4-9-10(5-7)8(2)16-11(12(9)21)13(22)15-6-20-14(23)17-18-19-20/h3-5,21H,6H2,1-2H3,(H,15,22)(H,17,19,23). The van der Waals surface area contributed by atoms with Crippen LogP contribution < -0.4 is 11.0 Å². The summed E-state index contributed by atoms with van der Waals surface area (Å²) in [5.74, 6) is -0.807. The molecule has 0 bridgehead atoms. The summed E-state index contributed by atoms with van der Waals surface area (Å²) < 4.78 is 0.937. The van der Waals surface area contributed by atoms with Crippen molar-refractivity contribution >= 4 is 16.7 Å². The molecular weight excluding hydrogens is 300 g/mol. The number of nitrogens with zero attached hydrogens (tertiary/aromatic N) is 4. The van der Waals surface area contributed by atoms with Gasteiger partial charge in [-0.3, -0.25) is 4.79 Å². The smallest absolute Gasteiger partial charge is 0.362 e. The lowest BCUT2D eigenvalue weighted by Gasteiger charge is -2.10. The van der Waals surface area contributed by atoms with E-state index in [-0.39, 0.29) is 18.1 Å². The predicted octanol–water partition coefficient (Wildman–Crippen LogP) is 0.225. The van der Waals surface area contributed by atoms with Gasteiger partial charge in [0.05, 0.1) is 0 Å². The van der Waals surface area contributed by atoms with Gasteiger partial charge in [0.1, 0.15) is 6.67 Å². The Morgan fingerprint density at radius 3 is 2.83 bits per heavy atom. The molecule has 3 N–H and O–H groups in total. The average molecular weight is 314 g/mol. The molecular formula is C14H14N6O3. The summed E-state index contributed by atoms with van der Waals surface area (Å²) in [4.78, 5) is 27.7. The van der Waals surface area contributed by atoms with Gasteiger partial charge in [-0.1, -0.05) is 17.7 Å². The molecule has 0 aliphatic rings. The van der Waals surface area contributed by atoms with Gasteiger partial charge in [0.2, 0.25) is 0 Å². The van der Waals surface area contributed by atoms with Crippen molar-refractivity contribution in [2.24, 2.45) is 0 Å². The number of aromatic hydroxyl groups is 1. The van der Waals surface area contributed by atoms with Gasteiger partial charge in [-0.05, 0) is 30.3 Å². The quantitative estimate of drug-likeness (QED) is 0.635. The lowest BCUT2D eigenvalue weighted by Crippen LogP contribution is -2.32. The Labute approximate surface area is 130 Å². The van der Waals surface area contributed by atoms with Gasteiger partial charge in [0.15, 0.2) is 11.4 Å². The summed E-state index contributed by atoms with van der Waals surface area (Å²) in [7, 11) is 0. The third-order valence-corrected chi connectivity index (χ3v) is 3.46. The maximum Gasteiger partial charge on any atom is 0.362 e. The van der Waals surface area contributed by atoms with Crippen LogP contribution in [-0.4, -0.2) is 36.2 Å². The molecule has 9 heteroatoms. The summed E-state index contributed by atoms with van der Waals surface area (Å²) in [5, 5.41) is 23.0. The van der Waals surface area contributed by atoms with Gasteiger partial charge in [0.25, 0.3) is 5.91 Å². The molecule has 0 radical (unpaired) electrons. The fraction of sp³-hybridized carbons (Fsp3) is 0.214. The molecule has 9 nitrogen and oxygen atoms in total.